The van der Waals surface area contributed by atoms with Crippen LogP contribution in [0.25, 0.3) is 0 Å². The van der Waals surface area contributed by atoms with E-state index in [1.54, 1.807) is 19.2 Å². The zero-order valence-corrected chi connectivity index (χ0v) is 14.1. The van der Waals surface area contributed by atoms with Gasteiger partial charge in [0.2, 0.25) is 0 Å². The van der Waals surface area contributed by atoms with E-state index in [9.17, 15) is 4.79 Å². The van der Waals surface area contributed by atoms with Gasteiger partial charge in [-0.2, -0.15) is 0 Å². The standard InChI is InChI=1S/C16H25ClN2O2/c1-10(2)12(4)19-13-6-7-15(17)14(8-13)16(20)18-9-11(3)21-5/h6-8,10-12,19H,9H2,1-5H3,(H,18,20)/t11-,12+/m0/s1. The van der Waals surface area contributed by atoms with E-state index < -0.39 is 0 Å². The molecule has 1 aromatic carbocycles. The third-order valence-electron chi connectivity index (χ3n) is 3.56. The first-order valence-corrected chi connectivity index (χ1v) is 7.60. The highest BCUT2D eigenvalue weighted by molar-refractivity contribution is 6.34. The Bertz CT molecular complexity index is 477. The van der Waals surface area contributed by atoms with E-state index in [1.807, 2.05) is 13.0 Å². The number of carbonyl (C=O) groups is 1. The second-order valence-electron chi connectivity index (χ2n) is 5.63. The molecule has 0 bridgehead atoms. The van der Waals surface area contributed by atoms with Gasteiger partial charge in [-0.3, -0.25) is 4.79 Å². The number of ether oxygens (including phenoxy) is 1. The van der Waals surface area contributed by atoms with Crippen molar-refractivity contribution in [1.29, 1.82) is 0 Å². The van der Waals surface area contributed by atoms with Crippen LogP contribution in [0.3, 0.4) is 0 Å². The topological polar surface area (TPSA) is 50.4 Å². The molecule has 1 amide bonds. The van der Waals surface area contributed by atoms with Crippen molar-refractivity contribution in [2.45, 2.75) is 39.8 Å². The van der Waals surface area contributed by atoms with Crippen LogP contribution >= 0.6 is 11.6 Å². The van der Waals surface area contributed by atoms with E-state index in [-0.39, 0.29) is 12.0 Å². The van der Waals surface area contributed by atoms with Crippen LogP contribution in [-0.2, 0) is 4.74 Å². The fourth-order valence-electron chi connectivity index (χ4n) is 1.63. The lowest BCUT2D eigenvalue weighted by Crippen LogP contribution is -2.31. The molecule has 2 atom stereocenters. The summed E-state index contributed by atoms with van der Waals surface area (Å²) in [6, 6.07) is 5.73. The van der Waals surface area contributed by atoms with Gasteiger partial charge in [0.15, 0.2) is 0 Å². The summed E-state index contributed by atoms with van der Waals surface area (Å²) in [7, 11) is 1.61. The van der Waals surface area contributed by atoms with Crippen molar-refractivity contribution in [3.63, 3.8) is 0 Å². The van der Waals surface area contributed by atoms with E-state index in [1.165, 1.54) is 0 Å². The van der Waals surface area contributed by atoms with Crippen LogP contribution in [0.2, 0.25) is 5.02 Å². The third kappa shape index (κ3) is 5.56. The predicted octanol–water partition coefficient (Wildman–Crippen LogP) is 3.56. The van der Waals surface area contributed by atoms with Crippen molar-refractivity contribution in [2.24, 2.45) is 5.92 Å². The Hall–Kier alpha value is -1.26. The molecule has 0 aliphatic carbocycles. The molecule has 4 nitrogen and oxygen atoms in total. The number of carbonyl (C=O) groups excluding carboxylic acids is 1. The molecule has 118 valence electrons. The monoisotopic (exact) mass is 312 g/mol. The Labute approximate surface area is 132 Å². The lowest BCUT2D eigenvalue weighted by molar-refractivity contribution is 0.0870. The molecule has 0 unspecified atom stereocenters. The van der Waals surface area contributed by atoms with Gasteiger partial charge in [0, 0.05) is 25.4 Å². The van der Waals surface area contributed by atoms with Gasteiger partial charge < -0.3 is 15.4 Å². The van der Waals surface area contributed by atoms with Crippen LogP contribution in [0.4, 0.5) is 5.69 Å². The Kier molecular flexibility index (Phi) is 6.99. The van der Waals surface area contributed by atoms with Crippen LogP contribution in [-0.4, -0.2) is 31.7 Å². The molecule has 0 saturated heterocycles. The molecule has 0 saturated carbocycles. The van der Waals surface area contributed by atoms with E-state index in [4.69, 9.17) is 16.3 Å². The first kappa shape index (κ1) is 17.8. The molecular formula is C16H25ClN2O2. The number of hydrogen-bond acceptors (Lipinski definition) is 3. The summed E-state index contributed by atoms with van der Waals surface area (Å²) in [5.74, 6) is 0.310. The van der Waals surface area contributed by atoms with E-state index >= 15 is 0 Å². The van der Waals surface area contributed by atoms with Gasteiger partial charge >= 0.3 is 0 Å². The molecule has 0 heterocycles. The molecule has 0 fully saturated rings. The van der Waals surface area contributed by atoms with Crippen molar-refractivity contribution < 1.29 is 9.53 Å². The minimum Gasteiger partial charge on any atom is -0.382 e. The average molecular weight is 313 g/mol. The maximum atomic E-state index is 12.2. The van der Waals surface area contributed by atoms with Crippen LogP contribution in [0.15, 0.2) is 18.2 Å². The normalized spacial score (nSPS) is 13.9. The zero-order valence-electron chi connectivity index (χ0n) is 13.4. The van der Waals surface area contributed by atoms with Crippen molar-refractivity contribution in [2.75, 3.05) is 19.0 Å². The lowest BCUT2D eigenvalue weighted by atomic mass is 10.1. The number of methoxy groups -OCH3 is 1. The van der Waals surface area contributed by atoms with Gasteiger partial charge in [-0.05, 0) is 38.0 Å². The molecule has 0 aliphatic rings. The van der Waals surface area contributed by atoms with Crippen molar-refractivity contribution in [1.82, 2.24) is 5.32 Å². The van der Waals surface area contributed by atoms with Crippen LogP contribution in [0, 0.1) is 5.92 Å². The highest BCUT2D eigenvalue weighted by Crippen LogP contribution is 2.22. The summed E-state index contributed by atoms with van der Waals surface area (Å²) in [6.45, 7) is 8.75. The van der Waals surface area contributed by atoms with Gasteiger partial charge in [-0.25, -0.2) is 0 Å². The Morgan fingerprint density at radius 2 is 1.95 bits per heavy atom. The second-order valence-corrected chi connectivity index (χ2v) is 6.04. The van der Waals surface area contributed by atoms with Gasteiger partial charge in [-0.1, -0.05) is 25.4 Å². The molecule has 0 radical (unpaired) electrons. The smallest absolute Gasteiger partial charge is 0.252 e. The Morgan fingerprint density at radius 1 is 1.29 bits per heavy atom. The van der Waals surface area contributed by atoms with Crippen molar-refractivity contribution in [3.8, 4) is 0 Å². The van der Waals surface area contributed by atoms with Crippen molar-refractivity contribution >= 4 is 23.2 Å². The Balaban J connectivity index is 2.79. The first-order valence-electron chi connectivity index (χ1n) is 7.22. The molecule has 0 aliphatic heterocycles. The molecular weight excluding hydrogens is 288 g/mol. The van der Waals surface area contributed by atoms with Crippen LogP contribution in [0.5, 0.6) is 0 Å². The molecule has 1 rings (SSSR count). The summed E-state index contributed by atoms with van der Waals surface area (Å²) >= 11 is 6.12. The number of rotatable bonds is 7. The summed E-state index contributed by atoms with van der Waals surface area (Å²) < 4.78 is 5.11. The summed E-state index contributed by atoms with van der Waals surface area (Å²) in [5.41, 5.74) is 1.37. The maximum Gasteiger partial charge on any atom is 0.252 e. The third-order valence-corrected chi connectivity index (χ3v) is 3.89. The summed E-state index contributed by atoms with van der Waals surface area (Å²) in [4.78, 5) is 12.2. The molecule has 1 aromatic rings. The van der Waals surface area contributed by atoms with Crippen LogP contribution < -0.4 is 10.6 Å². The SMILES string of the molecule is CO[C@@H](C)CNC(=O)c1cc(N[C@H](C)C(C)C)ccc1Cl. The van der Waals surface area contributed by atoms with Crippen LogP contribution in [0.1, 0.15) is 38.1 Å². The molecule has 21 heavy (non-hydrogen) atoms. The summed E-state index contributed by atoms with van der Waals surface area (Å²) in [5, 5.41) is 6.64. The van der Waals surface area contributed by atoms with Gasteiger partial charge in [-0.15, -0.1) is 0 Å². The Morgan fingerprint density at radius 3 is 2.52 bits per heavy atom. The predicted molar refractivity (Wildman–Crippen MR) is 88.2 cm³/mol. The van der Waals surface area contributed by atoms with E-state index in [0.29, 0.717) is 29.1 Å². The average Bonchev–Trinajstić information content (AvgIpc) is 2.46. The van der Waals surface area contributed by atoms with Crippen molar-refractivity contribution in [3.05, 3.63) is 28.8 Å². The number of anilines is 1. The fourth-order valence-corrected chi connectivity index (χ4v) is 1.84. The lowest BCUT2D eigenvalue weighted by Gasteiger charge is -2.19. The van der Waals surface area contributed by atoms with E-state index in [0.717, 1.165) is 5.69 Å². The molecule has 5 heteroatoms. The first-order chi connectivity index (χ1) is 9.85. The maximum absolute atomic E-state index is 12.2. The summed E-state index contributed by atoms with van der Waals surface area (Å²) in [6.07, 6.45) is -0.0324. The highest BCUT2D eigenvalue weighted by atomic mass is 35.5. The fraction of sp³-hybridized carbons (Fsp3) is 0.562. The highest BCUT2D eigenvalue weighted by Gasteiger charge is 2.13. The molecule has 2 N–H and O–H groups in total. The number of halogens is 1. The van der Waals surface area contributed by atoms with Gasteiger partial charge in [0.05, 0.1) is 16.7 Å². The largest absolute Gasteiger partial charge is 0.382 e. The minimum atomic E-state index is -0.190. The molecule has 0 aromatic heterocycles. The minimum absolute atomic E-state index is 0.0324. The zero-order chi connectivity index (χ0) is 16.0. The number of hydrogen-bond donors (Lipinski definition) is 2. The number of amides is 1. The number of benzene rings is 1. The second kappa shape index (κ2) is 8.25. The molecule has 0 spiro atoms. The quantitative estimate of drug-likeness (QED) is 0.809. The van der Waals surface area contributed by atoms with Gasteiger partial charge in [0.1, 0.15) is 0 Å². The number of nitrogens with one attached hydrogen (secondary N) is 2. The van der Waals surface area contributed by atoms with Gasteiger partial charge in [0.25, 0.3) is 5.91 Å². The van der Waals surface area contributed by atoms with E-state index in [2.05, 4.69) is 31.4 Å².